The Morgan fingerprint density at radius 2 is 2.08 bits per heavy atom. The van der Waals surface area contributed by atoms with Crippen LogP contribution in [-0.2, 0) is 6.42 Å². The quantitative estimate of drug-likeness (QED) is 0.558. The molecule has 1 aromatic heterocycles. The first-order chi connectivity index (χ1) is 11.6. The van der Waals surface area contributed by atoms with Crippen LogP contribution >= 0.6 is 11.3 Å². The Bertz CT molecular complexity index is 505. The van der Waals surface area contributed by atoms with Gasteiger partial charge < -0.3 is 10.6 Å². The second-order valence-corrected chi connectivity index (χ2v) is 8.08. The first-order valence-corrected chi connectivity index (χ1v) is 10.1. The van der Waals surface area contributed by atoms with E-state index in [0.29, 0.717) is 6.04 Å². The van der Waals surface area contributed by atoms with Gasteiger partial charge in [0.15, 0.2) is 5.96 Å². The van der Waals surface area contributed by atoms with Crippen molar-refractivity contribution >= 4 is 17.3 Å². The van der Waals surface area contributed by atoms with E-state index in [1.807, 2.05) is 7.05 Å². The van der Waals surface area contributed by atoms with Crippen LogP contribution in [0.3, 0.4) is 0 Å². The van der Waals surface area contributed by atoms with Crippen LogP contribution in [0.15, 0.2) is 10.4 Å². The molecule has 1 saturated heterocycles. The zero-order valence-corrected chi connectivity index (χ0v) is 16.5. The van der Waals surface area contributed by atoms with Crippen molar-refractivity contribution in [2.24, 2.45) is 10.9 Å². The molecule has 5 nitrogen and oxygen atoms in total. The molecule has 2 N–H and O–H groups in total. The van der Waals surface area contributed by atoms with Crippen LogP contribution in [0.5, 0.6) is 0 Å². The Hall–Kier alpha value is -1.14. The molecule has 0 spiro atoms. The van der Waals surface area contributed by atoms with E-state index in [-0.39, 0.29) is 0 Å². The lowest BCUT2D eigenvalue weighted by atomic mass is 10.0. The lowest BCUT2D eigenvalue weighted by Crippen LogP contribution is -2.47. The Morgan fingerprint density at radius 1 is 1.33 bits per heavy atom. The van der Waals surface area contributed by atoms with Crippen LogP contribution in [0.2, 0.25) is 0 Å². The Kier molecular flexibility index (Phi) is 7.99. The molecule has 2 heterocycles. The van der Waals surface area contributed by atoms with Gasteiger partial charge in [-0.3, -0.25) is 9.89 Å². The third kappa shape index (κ3) is 6.40. The summed E-state index contributed by atoms with van der Waals surface area (Å²) in [6.45, 7) is 11.0. The van der Waals surface area contributed by atoms with Crippen molar-refractivity contribution in [3.8, 4) is 0 Å². The molecule has 1 fully saturated rings. The zero-order valence-electron chi connectivity index (χ0n) is 15.6. The first-order valence-electron chi connectivity index (χ1n) is 9.18. The molecule has 0 aliphatic carbocycles. The lowest BCUT2D eigenvalue weighted by molar-refractivity contribution is 0.213. The van der Waals surface area contributed by atoms with Crippen LogP contribution < -0.4 is 10.6 Å². The minimum Gasteiger partial charge on any atom is -0.356 e. The molecule has 6 heteroatoms. The summed E-state index contributed by atoms with van der Waals surface area (Å²) in [4.78, 5) is 11.5. The highest BCUT2D eigenvalue weighted by molar-refractivity contribution is 7.09. The molecular weight excluding hydrogens is 318 g/mol. The summed E-state index contributed by atoms with van der Waals surface area (Å²) in [6.07, 6.45) is 4.86. The Morgan fingerprint density at radius 3 is 2.67 bits per heavy atom. The largest absolute Gasteiger partial charge is 0.356 e. The van der Waals surface area contributed by atoms with Gasteiger partial charge in [0.1, 0.15) is 0 Å². The summed E-state index contributed by atoms with van der Waals surface area (Å²) in [5.41, 5.74) is 1.16. The summed E-state index contributed by atoms with van der Waals surface area (Å²) < 4.78 is 0. The molecule has 1 atom stereocenters. The number of aliphatic imine (C=N–C) groups is 1. The second-order valence-electron chi connectivity index (χ2n) is 7.01. The van der Waals surface area contributed by atoms with Gasteiger partial charge in [0, 0.05) is 38.0 Å². The average molecular weight is 352 g/mol. The van der Waals surface area contributed by atoms with E-state index in [0.717, 1.165) is 42.1 Å². The Labute approximate surface area is 151 Å². The highest BCUT2D eigenvalue weighted by Gasteiger charge is 2.22. The predicted molar refractivity (Wildman–Crippen MR) is 104 cm³/mol. The van der Waals surface area contributed by atoms with E-state index in [2.05, 4.69) is 51.7 Å². The number of hydrogen-bond donors (Lipinski definition) is 2. The summed E-state index contributed by atoms with van der Waals surface area (Å²) in [6, 6.07) is 0.604. The van der Waals surface area contributed by atoms with Crippen LogP contribution in [0, 0.1) is 12.8 Å². The van der Waals surface area contributed by atoms with Crippen molar-refractivity contribution < 1.29 is 0 Å². The normalized spacial score (nSPS) is 17.5. The number of rotatable bonds is 8. The van der Waals surface area contributed by atoms with Gasteiger partial charge in [0.05, 0.1) is 10.7 Å². The van der Waals surface area contributed by atoms with Crippen LogP contribution in [0.1, 0.15) is 43.8 Å². The summed E-state index contributed by atoms with van der Waals surface area (Å²) in [5, 5.41) is 10.2. The van der Waals surface area contributed by atoms with E-state index in [9.17, 15) is 0 Å². The van der Waals surface area contributed by atoms with Crippen LogP contribution in [-0.4, -0.2) is 55.1 Å². The second kappa shape index (κ2) is 9.99. The topological polar surface area (TPSA) is 52.6 Å². The van der Waals surface area contributed by atoms with E-state index in [4.69, 9.17) is 0 Å². The summed E-state index contributed by atoms with van der Waals surface area (Å²) in [7, 11) is 1.84. The van der Waals surface area contributed by atoms with Crippen molar-refractivity contribution in [2.45, 2.75) is 52.5 Å². The number of thiazole rings is 1. The van der Waals surface area contributed by atoms with Crippen molar-refractivity contribution in [3.63, 3.8) is 0 Å². The predicted octanol–water partition coefficient (Wildman–Crippen LogP) is 2.67. The molecule has 136 valence electrons. The van der Waals surface area contributed by atoms with Crippen LogP contribution in [0.4, 0.5) is 0 Å². The minimum absolute atomic E-state index is 0.604. The maximum absolute atomic E-state index is 4.50. The number of nitrogens with one attached hydrogen (secondary N) is 2. The highest BCUT2D eigenvalue weighted by atomic mass is 32.1. The van der Waals surface area contributed by atoms with Gasteiger partial charge in [-0.25, -0.2) is 4.98 Å². The number of nitrogens with zero attached hydrogens (tertiary/aromatic N) is 3. The number of aryl methyl sites for hydroxylation is 1. The number of hydrogen-bond acceptors (Lipinski definition) is 4. The summed E-state index contributed by atoms with van der Waals surface area (Å²) in [5.74, 6) is 1.62. The maximum Gasteiger partial charge on any atom is 0.191 e. The fraction of sp³-hybridized carbons (Fsp3) is 0.778. The van der Waals surface area contributed by atoms with E-state index >= 15 is 0 Å². The molecule has 0 radical (unpaired) electrons. The molecule has 1 aliphatic heterocycles. The van der Waals surface area contributed by atoms with Gasteiger partial charge in [-0.05, 0) is 45.2 Å². The monoisotopic (exact) mass is 351 g/mol. The van der Waals surface area contributed by atoms with E-state index in [1.54, 1.807) is 11.3 Å². The number of likely N-dealkylation sites (tertiary alicyclic amines) is 1. The fourth-order valence-corrected chi connectivity index (χ4v) is 3.93. The summed E-state index contributed by atoms with van der Waals surface area (Å²) >= 11 is 1.71. The fourth-order valence-electron chi connectivity index (χ4n) is 3.28. The molecule has 0 bridgehead atoms. The van der Waals surface area contributed by atoms with Gasteiger partial charge in [-0.2, -0.15) is 0 Å². The smallest absolute Gasteiger partial charge is 0.191 e. The standard InChI is InChI=1S/C18H33N5S/c1-14(2)11-17(23-9-5-6-10-23)12-21-18(19-4)20-8-7-16-13-24-15(3)22-16/h13-14,17H,5-12H2,1-4H3,(H2,19,20,21). The van der Waals surface area contributed by atoms with Gasteiger partial charge >= 0.3 is 0 Å². The number of guanidine groups is 1. The van der Waals surface area contributed by atoms with Crippen molar-refractivity contribution in [1.82, 2.24) is 20.5 Å². The molecular formula is C18H33N5S. The lowest BCUT2D eigenvalue weighted by Gasteiger charge is -2.29. The molecule has 2 rings (SSSR count). The Balaban J connectivity index is 1.75. The number of aromatic nitrogens is 1. The third-order valence-corrected chi connectivity index (χ3v) is 5.29. The van der Waals surface area contributed by atoms with Gasteiger partial charge in [-0.15, -0.1) is 11.3 Å². The van der Waals surface area contributed by atoms with Gasteiger partial charge in [0.2, 0.25) is 0 Å². The zero-order chi connectivity index (χ0) is 17.4. The molecule has 1 aliphatic rings. The average Bonchev–Trinajstić information content (AvgIpc) is 3.20. The van der Waals surface area contributed by atoms with Crippen molar-refractivity contribution in [2.75, 3.05) is 33.2 Å². The van der Waals surface area contributed by atoms with E-state index < -0.39 is 0 Å². The van der Waals surface area contributed by atoms with Crippen molar-refractivity contribution in [3.05, 3.63) is 16.1 Å². The highest BCUT2D eigenvalue weighted by Crippen LogP contribution is 2.17. The SMILES string of the molecule is CN=C(NCCc1csc(C)n1)NCC(CC(C)C)N1CCCC1. The minimum atomic E-state index is 0.604. The molecule has 0 amide bonds. The molecule has 0 aromatic carbocycles. The molecule has 1 unspecified atom stereocenters. The maximum atomic E-state index is 4.50. The van der Waals surface area contributed by atoms with E-state index in [1.165, 1.54) is 32.4 Å². The van der Waals surface area contributed by atoms with Gasteiger partial charge in [-0.1, -0.05) is 13.8 Å². The molecule has 24 heavy (non-hydrogen) atoms. The molecule has 1 aromatic rings. The first kappa shape index (κ1) is 19.2. The third-order valence-electron chi connectivity index (χ3n) is 4.47. The van der Waals surface area contributed by atoms with Gasteiger partial charge in [0.25, 0.3) is 0 Å². The van der Waals surface area contributed by atoms with Crippen LogP contribution in [0.25, 0.3) is 0 Å². The van der Waals surface area contributed by atoms with Crippen molar-refractivity contribution in [1.29, 1.82) is 0 Å². The molecule has 0 saturated carbocycles.